The number of benzene rings is 1. The molecule has 1 aromatic rings. The molecule has 0 aliphatic rings. The molecular weight excluding hydrogens is 232 g/mol. The molecule has 1 aromatic carbocycles. The van der Waals surface area contributed by atoms with Crippen LogP contribution in [0, 0.1) is 15.5 Å². The van der Waals surface area contributed by atoms with E-state index in [2.05, 4.69) is 26.1 Å². The molecule has 1 unspecified atom stereocenters. The molecule has 0 spiro atoms. The monoisotopic (exact) mass is 250 g/mol. The van der Waals surface area contributed by atoms with Gasteiger partial charge >= 0.3 is 0 Å². The van der Waals surface area contributed by atoms with E-state index in [0.29, 0.717) is 17.5 Å². The van der Waals surface area contributed by atoms with Crippen LogP contribution in [0.15, 0.2) is 18.2 Å². The fraction of sp³-hybridized carbons (Fsp3) is 0.462. The first kappa shape index (κ1) is 14.2. The number of hydrogen-bond donors (Lipinski definition) is 1. The summed E-state index contributed by atoms with van der Waals surface area (Å²) in [6.07, 6.45) is 0.601. The fourth-order valence-electron chi connectivity index (χ4n) is 1.34. The highest BCUT2D eigenvalue weighted by molar-refractivity contribution is 5.79. The van der Waals surface area contributed by atoms with Gasteiger partial charge in [-0.2, -0.15) is 0 Å². The van der Waals surface area contributed by atoms with Gasteiger partial charge in [-0.25, -0.2) is 0 Å². The number of nitro benzene ring substituents is 1. The zero-order valence-corrected chi connectivity index (χ0v) is 11.1. The number of carbonyl (C=O) groups excluding carboxylic acids is 1. The maximum Gasteiger partial charge on any atom is 0.293 e. The van der Waals surface area contributed by atoms with E-state index in [0.717, 1.165) is 0 Å². The maximum absolute atomic E-state index is 11.0. The Morgan fingerprint density at radius 3 is 2.44 bits per heavy atom. The lowest BCUT2D eigenvalue weighted by atomic mass is 9.88. The van der Waals surface area contributed by atoms with Crippen molar-refractivity contribution in [2.75, 3.05) is 5.32 Å². The molecule has 1 atom stereocenters. The molecule has 0 aromatic heterocycles. The van der Waals surface area contributed by atoms with Crippen LogP contribution in [0.25, 0.3) is 0 Å². The fourth-order valence-corrected chi connectivity index (χ4v) is 1.34. The van der Waals surface area contributed by atoms with Crippen molar-refractivity contribution in [3.05, 3.63) is 33.9 Å². The minimum absolute atomic E-state index is 0.0167. The van der Waals surface area contributed by atoms with Crippen LogP contribution in [-0.4, -0.2) is 17.3 Å². The Labute approximate surface area is 106 Å². The van der Waals surface area contributed by atoms with Gasteiger partial charge in [-0.3, -0.25) is 14.9 Å². The van der Waals surface area contributed by atoms with Crippen LogP contribution in [0.3, 0.4) is 0 Å². The van der Waals surface area contributed by atoms with Crippen LogP contribution in [0.5, 0.6) is 0 Å². The van der Waals surface area contributed by atoms with E-state index in [4.69, 9.17) is 0 Å². The van der Waals surface area contributed by atoms with E-state index < -0.39 is 4.92 Å². The lowest BCUT2D eigenvalue weighted by molar-refractivity contribution is -0.384. The lowest BCUT2D eigenvalue weighted by Crippen LogP contribution is -2.31. The van der Waals surface area contributed by atoms with E-state index in [1.54, 1.807) is 12.1 Å². The summed E-state index contributed by atoms with van der Waals surface area (Å²) in [4.78, 5) is 21.1. The van der Waals surface area contributed by atoms with Gasteiger partial charge < -0.3 is 5.32 Å². The summed E-state index contributed by atoms with van der Waals surface area (Å²) in [6, 6.07) is 4.49. The molecule has 0 aliphatic heterocycles. The molecule has 0 radical (unpaired) electrons. The highest BCUT2D eigenvalue weighted by Crippen LogP contribution is 2.29. The van der Waals surface area contributed by atoms with Crippen LogP contribution in [0.2, 0.25) is 0 Å². The lowest BCUT2D eigenvalue weighted by Gasteiger charge is -2.28. The average Bonchev–Trinajstić information content (AvgIpc) is 2.27. The molecule has 0 amide bonds. The van der Waals surface area contributed by atoms with Gasteiger partial charge in [-0.1, -0.05) is 20.8 Å². The first-order valence-electron chi connectivity index (χ1n) is 5.76. The second kappa shape index (κ2) is 5.16. The Balaban J connectivity index is 3.09. The molecule has 5 nitrogen and oxygen atoms in total. The number of nitrogens with zero attached hydrogens (tertiary/aromatic N) is 1. The standard InChI is InChI=1S/C13H18N2O3/c1-9(13(2,3)4)14-11-6-5-10(8-16)7-12(11)15(17)18/h5-9,14H,1-4H3. The Hall–Kier alpha value is -1.91. The Bertz CT molecular complexity index is 464. The molecule has 98 valence electrons. The molecule has 5 heteroatoms. The van der Waals surface area contributed by atoms with E-state index in [-0.39, 0.29) is 17.1 Å². The van der Waals surface area contributed by atoms with Crippen molar-refractivity contribution in [2.24, 2.45) is 5.41 Å². The number of nitrogens with one attached hydrogen (secondary N) is 1. The third-order valence-corrected chi connectivity index (χ3v) is 3.03. The number of nitro groups is 1. The molecule has 0 bridgehead atoms. The zero-order valence-electron chi connectivity index (χ0n) is 11.1. The van der Waals surface area contributed by atoms with Crippen LogP contribution in [0.4, 0.5) is 11.4 Å². The van der Waals surface area contributed by atoms with Crippen molar-refractivity contribution in [3.63, 3.8) is 0 Å². The molecule has 0 saturated carbocycles. The van der Waals surface area contributed by atoms with Gasteiger partial charge in [-0.15, -0.1) is 0 Å². The molecule has 0 fully saturated rings. The van der Waals surface area contributed by atoms with Crippen molar-refractivity contribution in [3.8, 4) is 0 Å². The van der Waals surface area contributed by atoms with E-state index in [9.17, 15) is 14.9 Å². The van der Waals surface area contributed by atoms with Gasteiger partial charge in [0.2, 0.25) is 0 Å². The Kier molecular flexibility index (Phi) is 4.06. The Morgan fingerprint density at radius 2 is 2.00 bits per heavy atom. The quantitative estimate of drug-likeness (QED) is 0.505. The van der Waals surface area contributed by atoms with Crippen LogP contribution in [0.1, 0.15) is 38.1 Å². The van der Waals surface area contributed by atoms with Crippen molar-refractivity contribution < 1.29 is 9.72 Å². The minimum atomic E-state index is -0.481. The molecule has 1 N–H and O–H groups in total. The van der Waals surface area contributed by atoms with Gasteiger partial charge in [0.1, 0.15) is 12.0 Å². The summed E-state index contributed by atoms with van der Waals surface area (Å²) in [5.74, 6) is 0. The largest absolute Gasteiger partial charge is 0.377 e. The first-order valence-corrected chi connectivity index (χ1v) is 5.76. The first-order chi connectivity index (χ1) is 8.25. The number of anilines is 1. The van der Waals surface area contributed by atoms with Crippen molar-refractivity contribution in [1.29, 1.82) is 0 Å². The minimum Gasteiger partial charge on any atom is -0.377 e. The van der Waals surface area contributed by atoms with Crippen molar-refractivity contribution >= 4 is 17.7 Å². The van der Waals surface area contributed by atoms with Gasteiger partial charge in [0.25, 0.3) is 5.69 Å². The number of carbonyl (C=O) groups is 1. The van der Waals surface area contributed by atoms with Crippen molar-refractivity contribution in [2.45, 2.75) is 33.7 Å². The summed E-state index contributed by atoms with van der Waals surface area (Å²) >= 11 is 0. The number of hydrogen-bond acceptors (Lipinski definition) is 4. The van der Waals surface area contributed by atoms with Crippen molar-refractivity contribution in [1.82, 2.24) is 0 Å². The number of aldehydes is 1. The zero-order chi connectivity index (χ0) is 13.9. The molecular formula is C13H18N2O3. The molecule has 18 heavy (non-hydrogen) atoms. The normalized spacial score (nSPS) is 12.9. The van der Waals surface area contributed by atoms with Gasteiger partial charge in [0, 0.05) is 17.7 Å². The molecule has 0 saturated heterocycles. The number of rotatable bonds is 4. The average molecular weight is 250 g/mol. The topological polar surface area (TPSA) is 72.2 Å². The van der Waals surface area contributed by atoms with Crippen LogP contribution in [-0.2, 0) is 0 Å². The van der Waals surface area contributed by atoms with Crippen LogP contribution < -0.4 is 5.32 Å². The summed E-state index contributed by atoms with van der Waals surface area (Å²) in [7, 11) is 0. The smallest absolute Gasteiger partial charge is 0.293 e. The highest BCUT2D eigenvalue weighted by atomic mass is 16.6. The van der Waals surface area contributed by atoms with Gasteiger partial charge in [0.15, 0.2) is 0 Å². The molecule has 0 heterocycles. The van der Waals surface area contributed by atoms with E-state index in [1.165, 1.54) is 6.07 Å². The van der Waals surface area contributed by atoms with E-state index >= 15 is 0 Å². The predicted molar refractivity (Wildman–Crippen MR) is 71.0 cm³/mol. The van der Waals surface area contributed by atoms with Crippen LogP contribution >= 0.6 is 0 Å². The molecule has 1 rings (SSSR count). The summed E-state index contributed by atoms with van der Waals surface area (Å²) in [5.41, 5.74) is 0.649. The third-order valence-electron chi connectivity index (χ3n) is 3.03. The summed E-state index contributed by atoms with van der Waals surface area (Å²) < 4.78 is 0. The van der Waals surface area contributed by atoms with Gasteiger partial charge in [-0.05, 0) is 24.5 Å². The third kappa shape index (κ3) is 3.29. The maximum atomic E-state index is 11.0. The van der Waals surface area contributed by atoms with E-state index in [1.807, 2.05) is 6.92 Å². The van der Waals surface area contributed by atoms with Gasteiger partial charge in [0.05, 0.1) is 4.92 Å². The highest BCUT2D eigenvalue weighted by Gasteiger charge is 2.23. The second-order valence-electron chi connectivity index (χ2n) is 5.38. The second-order valence-corrected chi connectivity index (χ2v) is 5.38. The Morgan fingerprint density at radius 1 is 1.39 bits per heavy atom. The summed E-state index contributed by atoms with van der Waals surface area (Å²) in [5, 5.41) is 14.1. The predicted octanol–water partition coefficient (Wildman–Crippen LogP) is 3.25. The molecule has 0 aliphatic carbocycles. The SMILES string of the molecule is CC(Nc1ccc(C=O)cc1[N+](=O)[O-])C(C)(C)C. The summed E-state index contributed by atoms with van der Waals surface area (Å²) in [6.45, 7) is 8.13.